The number of aliphatic hydroxyl groups is 1. The lowest BCUT2D eigenvalue weighted by Gasteiger charge is -2.13. The summed E-state index contributed by atoms with van der Waals surface area (Å²) in [5, 5.41) is 22.9. The Kier molecular flexibility index (Phi) is 4.76. The summed E-state index contributed by atoms with van der Waals surface area (Å²) < 4.78 is 17.0. The van der Waals surface area contributed by atoms with Gasteiger partial charge in [0.05, 0.1) is 13.1 Å². The molecule has 6 nitrogen and oxygen atoms in total. The van der Waals surface area contributed by atoms with E-state index in [1.165, 1.54) is 18.5 Å². The van der Waals surface area contributed by atoms with Gasteiger partial charge < -0.3 is 9.67 Å². The predicted octanol–water partition coefficient (Wildman–Crippen LogP) is 2.79. The second kappa shape index (κ2) is 7.51. The molecule has 2 aromatic carbocycles. The van der Waals surface area contributed by atoms with Crippen LogP contribution < -0.4 is 0 Å². The largest absolute Gasteiger partial charge is 0.380 e. The summed E-state index contributed by atoms with van der Waals surface area (Å²) in [6, 6.07) is 15.9. The van der Waals surface area contributed by atoms with E-state index in [4.69, 9.17) is 0 Å². The van der Waals surface area contributed by atoms with E-state index in [1.807, 2.05) is 47.3 Å². The standard InChI is InChI=1S/C20H18FN5O/c21-18-4-1-3-16(11-18)12-25-14-22-24-20(25)19(27)17-7-5-15(6-8-17)13-26-10-2-9-23-26/h1-11,14,19,27H,12-13H2. The van der Waals surface area contributed by atoms with Crippen LogP contribution in [0.15, 0.2) is 73.3 Å². The van der Waals surface area contributed by atoms with Gasteiger partial charge in [0.1, 0.15) is 18.2 Å². The number of rotatable bonds is 6. The number of nitrogens with zero attached hydrogens (tertiary/aromatic N) is 5. The van der Waals surface area contributed by atoms with Gasteiger partial charge in [0.15, 0.2) is 5.82 Å². The molecule has 2 heterocycles. The molecule has 136 valence electrons. The van der Waals surface area contributed by atoms with Crippen molar-refractivity contribution in [1.82, 2.24) is 24.5 Å². The van der Waals surface area contributed by atoms with E-state index in [-0.39, 0.29) is 5.82 Å². The molecule has 0 aliphatic heterocycles. The summed E-state index contributed by atoms with van der Waals surface area (Å²) in [6.07, 6.45) is 4.26. The number of aromatic nitrogens is 5. The molecular weight excluding hydrogens is 345 g/mol. The summed E-state index contributed by atoms with van der Waals surface area (Å²) >= 11 is 0. The second-order valence-electron chi connectivity index (χ2n) is 6.29. The van der Waals surface area contributed by atoms with Crippen molar-refractivity contribution in [1.29, 1.82) is 0 Å². The van der Waals surface area contributed by atoms with Gasteiger partial charge in [-0.2, -0.15) is 5.10 Å². The number of halogens is 1. The zero-order chi connectivity index (χ0) is 18.6. The summed E-state index contributed by atoms with van der Waals surface area (Å²) in [4.78, 5) is 0. The molecule has 0 fully saturated rings. The Hall–Kier alpha value is -3.32. The maximum atomic E-state index is 13.4. The fourth-order valence-corrected chi connectivity index (χ4v) is 2.96. The molecule has 7 heteroatoms. The van der Waals surface area contributed by atoms with Crippen LogP contribution in [0.1, 0.15) is 28.6 Å². The highest BCUT2D eigenvalue weighted by Crippen LogP contribution is 2.21. The van der Waals surface area contributed by atoms with Crippen molar-refractivity contribution in [3.05, 3.63) is 102 Å². The van der Waals surface area contributed by atoms with Crippen LogP contribution in [0.3, 0.4) is 0 Å². The Balaban J connectivity index is 1.51. The summed E-state index contributed by atoms with van der Waals surface area (Å²) in [5.74, 6) is 0.120. The van der Waals surface area contributed by atoms with Gasteiger partial charge in [-0.25, -0.2) is 4.39 Å². The van der Waals surface area contributed by atoms with Crippen molar-refractivity contribution < 1.29 is 9.50 Å². The molecule has 0 bridgehead atoms. The average molecular weight is 363 g/mol. The van der Waals surface area contributed by atoms with Gasteiger partial charge in [-0.3, -0.25) is 4.68 Å². The Labute approximate surface area is 155 Å². The van der Waals surface area contributed by atoms with Gasteiger partial charge in [-0.15, -0.1) is 10.2 Å². The van der Waals surface area contributed by atoms with Gasteiger partial charge in [0, 0.05) is 12.4 Å². The highest BCUT2D eigenvalue weighted by Gasteiger charge is 2.17. The molecule has 0 saturated carbocycles. The minimum atomic E-state index is -0.917. The lowest BCUT2D eigenvalue weighted by molar-refractivity contribution is 0.204. The topological polar surface area (TPSA) is 68.8 Å². The SMILES string of the molecule is OC(c1ccc(Cn2cccn2)cc1)c1nncn1Cc1cccc(F)c1. The Morgan fingerprint density at radius 2 is 1.85 bits per heavy atom. The molecule has 2 aromatic heterocycles. The smallest absolute Gasteiger partial charge is 0.166 e. The van der Waals surface area contributed by atoms with Crippen molar-refractivity contribution in [2.45, 2.75) is 19.2 Å². The van der Waals surface area contributed by atoms with E-state index in [0.717, 1.165) is 11.1 Å². The lowest BCUT2D eigenvalue weighted by Crippen LogP contribution is -2.11. The maximum absolute atomic E-state index is 13.4. The number of aliphatic hydroxyl groups excluding tert-OH is 1. The monoisotopic (exact) mass is 363 g/mol. The quantitative estimate of drug-likeness (QED) is 0.572. The van der Waals surface area contributed by atoms with E-state index in [9.17, 15) is 9.50 Å². The summed E-state index contributed by atoms with van der Waals surface area (Å²) in [5.41, 5.74) is 2.57. The van der Waals surface area contributed by atoms with E-state index < -0.39 is 6.10 Å². The zero-order valence-corrected chi connectivity index (χ0v) is 14.5. The van der Waals surface area contributed by atoms with Crippen LogP contribution in [0.5, 0.6) is 0 Å². The first-order valence-electron chi connectivity index (χ1n) is 8.55. The summed E-state index contributed by atoms with van der Waals surface area (Å²) in [7, 11) is 0. The molecule has 1 atom stereocenters. The predicted molar refractivity (Wildman–Crippen MR) is 97.4 cm³/mol. The molecular formula is C20H18FN5O. The van der Waals surface area contributed by atoms with Crippen molar-refractivity contribution in [2.24, 2.45) is 0 Å². The third-order valence-corrected chi connectivity index (χ3v) is 4.33. The molecule has 4 rings (SSSR count). The van der Waals surface area contributed by atoms with E-state index in [1.54, 1.807) is 16.8 Å². The van der Waals surface area contributed by atoms with Crippen molar-refractivity contribution in [3.8, 4) is 0 Å². The average Bonchev–Trinajstić information content (AvgIpc) is 3.34. The molecule has 0 saturated heterocycles. The first-order chi connectivity index (χ1) is 13.2. The van der Waals surface area contributed by atoms with Gasteiger partial charge in [0.2, 0.25) is 0 Å². The van der Waals surface area contributed by atoms with Crippen LogP contribution in [0.25, 0.3) is 0 Å². The second-order valence-corrected chi connectivity index (χ2v) is 6.29. The van der Waals surface area contributed by atoms with Gasteiger partial charge >= 0.3 is 0 Å². The van der Waals surface area contributed by atoms with Crippen molar-refractivity contribution in [3.63, 3.8) is 0 Å². The van der Waals surface area contributed by atoms with Gasteiger partial charge in [-0.05, 0) is 34.9 Å². The van der Waals surface area contributed by atoms with Gasteiger partial charge in [0.25, 0.3) is 0 Å². The fourth-order valence-electron chi connectivity index (χ4n) is 2.96. The van der Waals surface area contributed by atoms with Crippen LogP contribution in [0.2, 0.25) is 0 Å². The van der Waals surface area contributed by atoms with Crippen LogP contribution in [0, 0.1) is 5.82 Å². The van der Waals surface area contributed by atoms with Crippen LogP contribution in [-0.4, -0.2) is 29.7 Å². The zero-order valence-electron chi connectivity index (χ0n) is 14.5. The van der Waals surface area contributed by atoms with Crippen molar-refractivity contribution >= 4 is 0 Å². The summed E-state index contributed by atoms with van der Waals surface area (Å²) in [6.45, 7) is 1.05. The van der Waals surface area contributed by atoms with E-state index in [2.05, 4.69) is 15.3 Å². The van der Waals surface area contributed by atoms with Gasteiger partial charge in [-0.1, -0.05) is 36.4 Å². The van der Waals surface area contributed by atoms with E-state index >= 15 is 0 Å². The van der Waals surface area contributed by atoms with Crippen LogP contribution >= 0.6 is 0 Å². The molecule has 27 heavy (non-hydrogen) atoms. The first-order valence-corrected chi connectivity index (χ1v) is 8.55. The van der Waals surface area contributed by atoms with Crippen LogP contribution in [-0.2, 0) is 13.1 Å². The molecule has 0 aliphatic rings. The Morgan fingerprint density at radius 3 is 2.59 bits per heavy atom. The van der Waals surface area contributed by atoms with Crippen molar-refractivity contribution in [2.75, 3.05) is 0 Å². The minimum Gasteiger partial charge on any atom is -0.380 e. The highest BCUT2D eigenvalue weighted by molar-refractivity contribution is 5.28. The van der Waals surface area contributed by atoms with Crippen LogP contribution in [0.4, 0.5) is 4.39 Å². The molecule has 0 radical (unpaired) electrons. The fraction of sp³-hybridized carbons (Fsp3) is 0.150. The molecule has 1 N–H and O–H groups in total. The molecule has 1 unspecified atom stereocenters. The minimum absolute atomic E-state index is 0.296. The highest BCUT2D eigenvalue weighted by atomic mass is 19.1. The molecule has 0 aliphatic carbocycles. The normalized spacial score (nSPS) is 12.2. The number of hydrogen-bond donors (Lipinski definition) is 1. The number of benzene rings is 2. The lowest BCUT2D eigenvalue weighted by atomic mass is 10.1. The number of hydrogen-bond acceptors (Lipinski definition) is 4. The maximum Gasteiger partial charge on any atom is 0.166 e. The molecule has 0 amide bonds. The van der Waals surface area contributed by atoms with E-state index in [0.29, 0.717) is 24.5 Å². The third-order valence-electron chi connectivity index (χ3n) is 4.33. The Morgan fingerprint density at radius 1 is 1.00 bits per heavy atom. The molecule has 4 aromatic rings. The third kappa shape index (κ3) is 3.93. The first kappa shape index (κ1) is 17.1. The molecule has 0 spiro atoms. The Bertz CT molecular complexity index is 1010.